The summed E-state index contributed by atoms with van der Waals surface area (Å²) in [5.74, 6) is 2.48. The quantitative estimate of drug-likeness (QED) is 0.380. The van der Waals surface area contributed by atoms with Crippen LogP contribution in [0.3, 0.4) is 0 Å². The second kappa shape index (κ2) is 12.6. The molecular formula is C26H42N4O2. The van der Waals surface area contributed by atoms with Crippen LogP contribution in [0.4, 0.5) is 0 Å². The third-order valence-corrected chi connectivity index (χ3v) is 7.37. The van der Waals surface area contributed by atoms with Crippen LogP contribution >= 0.6 is 0 Å². The number of piperidine rings is 2. The Bertz CT molecular complexity index is 692. The minimum Gasteiger partial charge on any atom is -0.381 e. The summed E-state index contributed by atoms with van der Waals surface area (Å²) >= 11 is 0. The van der Waals surface area contributed by atoms with Crippen LogP contribution in [-0.4, -0.2) is 81.5 Å². The number of rotatable bonds is 8. The van der Waals surface area contributed by atoms with Crippen molar-refractivity contribution in [3.05, 3.63) is 35.9 Å². The first-order valence-electron chi connectivity index (χ1n) is 12.7. The minimum absolute atomic E-state index is 0.683. The van der Waals surface area contributed by atoms with Gasteiger partial charge in [0, 0.05) is 65.7 Å². The van der Waals surface area contributed by atoms with E-state index in [1.165, 1.54) is 31.4 Å². The number of hydrogen-bond donors (Lipinski definition) is 1. The van der Waals surface area contributed by atoms with E-state index in [4.69, 9.17) is 9.47 Å². The van der Waals surface area contributed by atoms with E-state index in [-0.39, 0.29) is 0 Å². The van der Waals surface area contributed by atoms with Gasteiger partial charge in [0.15, 0.2) is 5.96 Å². The smallest absolute Gasteiger partial charge is 0.193 e. The molecule has 0 saturated carbocycles. The number of likely N-dealkylation sites (tertiary alicyclic amines) is 2. The van der Waals surface area contributed by atoms with E-state index < -0.39 is 0 Å². The van der Waals surface area contributed by atoms with Crippen molar-refractivity contribution in [1.82, 2.24) is 15.1 Å². The first-order valence-corrected chi connectivity index (χ1v) is 12.7. The number of nitrogens with one attached hydrogen (secondary N) is 1. The molecule has 3 saturated heterocycles. The Labute approximate surface area is 194 Å². The first kappa shape index (κ1) is 23.5. The van der Waals surface area contributed by atoms with Gasteiger partial charge in [0.25, 0.3) is 0 Å². The molecule has 6 nitrogen and oxygen atoms in total. The lowest BCUT2D eigenvalue weighted by Crippen LogP contribution is -2.56. The monoisotopic (exact) mass is 442 g/mol. The number of fused-ring (bicyclic) bond motifs is 1. The zero-order valence-corrected chi connectivity index (χ0v) is 19.9. The van der Waals surface area contributed by atoms with E-state index in [0.29, 0.717) is 12.0 Å². The minimum atomic E-state index is 0.683. The molecule has 0 bridgehead atoms. The topological polar surface area (TPSA) is 49.3 Å². The normalized spacial score (nSPS) is 25.5. The predicted octanol–water partition coefficient (Wildman–Crippen LogP) is 3.38. The molecule has 0 amide bonds. The highest BCUT2D eigenvalue weighted by Gasteiger charge is 2.36. The Morgan fingerprint density at radius 1 is 1.12 bits per heavy atom. The van der Waals surface area contributed by atoms with Crippen molar-refractivity contribution >= 4 is 5.96 Å². The molecule has 3 fully saturated rings. The molecule has 0 radical (unpaired) electrons. The van der Waals surface area contributed by atoms with Crippen LogP contribution in [0.25, 0.3) is 0 Å². The molecule has 0 spiro atoms. The number of aliphatic imine (C=N–C) groups is 1. The van der Waals surface area contributed by atoms with Crippen molar-refractivity contribution in [3.8, 4) is 0 Å². The maximum Gasteiger partial charge on any atom is 0.193 e. The molecule has 178 valence electrons. The Kier molecular flexibility index (Phi) is 9.24. The van der Waals surface area contributed by atoms with E-state index >= 15 is 0 Å². The fourth-order valence-corrected chi connectivity index (χ4v) is 5.58. The van der Waals surface area contributed by atoms with Gasteiger partial charge in [-0.05, 0) is 62.5 Å². The van der Waals surface area contributed by atoms with Gasteiger partial charge in [0.05, 0.1) is 0 Å². The molecule has 4 rings (SSSR count). The lowest BCUT2D eigenvalue weighted by Gasteiger charge is -2.48. The van der Waals surface area contributed by atoms with Crippen LogP contribution in [-0.2, 0) is 16.0 Å². The molecule has 2 unspecified atom stereocenters. The number of guanidine groups is 1. The van der Waals surface area contributed by atoms with Crippen molar-refractivity contribution in [1.29, 1.82) is 0 Å². The van der Waals surface area contributed by atoms with E-state index in [2.05, 4.69) is 50.4 Å². The largest absolute Gasteiger partial charge is 0.381 e. The molecule has 2 atom stereocenters. The van der Waals surface area contributed by atoms with Gasteiger partial charge in [0.1, 0.15) is 0 Å². The molecule has 0 aliphatic carbocycles. The number of nitrogens with zero attached hydrogens (tertiary/aromatic N) is 3. The summed E-state index contributed by atoms with van der Waals surface area (Å²) in [7, 11) is 1.92. The fraction of sp³-hybridized carbons (Fsp3) is 0.731. The van der Waals surface area contributed by atoms with Gasteiger partial charge in [0.2, 0.25) is 0 Å². The van der Waals surface area contributed by atoms with Gasteiger partial charge in [-0.2, -0.15) is 0 Å². The fourth-order valence-electron chi connectivity index (χ4n) is 5.58. The second-order valence-corrected chi connectivity index (χ2v) is 9.62. The van der Waals surface area contributed by atoms with E-state index in [9.17, 15) is 0 Å². The predicted molar refractivity (Wildman–Crippen MR) is 130 cm³/mol. The van der Waals surface area contributed by atoms with Crippen LogP contribution in [0.2, 0.25) is 0 Å². The molecule has 3 aliphatic heterocycles. The van der Waals surface area contributed by atoms with Gasteiger partial charge in [-0.15, -0.1) is 0 Å². The van der Waals surface area contributed by atoms with Crippen LogP contribution in [0.5, 0.6) is 0 Å². The van der Waals surface area contributed by atoms with Gasteiger partial charge in [-0.1, -0.05) is 30.3 Å². The van der Waals surface area contributed by atoms with Gasteiger partial charge >= 0.3 is 0 Å². The lowest BCUT2D eigenvalue weighted by molar-refractivity contribution is 0.0202. The van der Waals surface area contributed by atoms with E-state index in [0.717, 1.165) is 83.7 Å². The third-order valence-electron chi connectivity index (χ3n) is 7.37. The highest BCUT2D eigenvalue weighted by Crippen LogP contribution is 2.31. The van der Waals surface area contributed by atoms with Crippen molar-refractivity contribution < 1.29 is 9.47 Å². The molecule has 3 aliphatic rings. The Balaban J connectivity index is 1.17. The average molecular weight is 443 g/mol. The number of benzene rings is 1. The Hall–Kier alpha value is -1.63. The SMILES string of the molecule is CN=C(NCCCOCC1CCOCC1)N1CCC2C(CCCN2Cc2ccccc2)C1. The molecule has 32 heavy (non-hydrogen) atoms. The lowest BCUT2D eigenvalue weighted by atomic mass is 9.83. The molecule has 6 heteroatoms. The summed E-state index contributed by atoms with van der Waals surface area (Å²) in [4.78, 5) is 9.80. The zero-order chi connectivity index (χ0) is 22.0. The highest BCUT2D eigenvalue weighted by molar-refractivity contribution is 5.80. The second-order valence-electron chi connectivity index (χ2n) is 9.62. The molecule has 0 aromatic heterocycles. The summed E-state index contributed by atoms with van der Waals surface area (Å²) < 4.78 is 11.3. The van der Waals surface area contributed by atoms with Crippen molar-refractivity contribution in [2.75, 3.05) is 59.7 Å². The summed E-state index contributed by atoms with van der Waals surface area (Å²) in [5, 5.41) is 3.59. The molecular weight excluding hydrogens is 400 g/mol. The summed E-state index contributed by atoms with van der Waals surface area (Å²) in [6, 6.07) is 11.7. The van der Waals surface area contributed by atoms with Gasteiger partial charge in [-0.25, -0.2) is 0 Å². The third kappa shape index (κ3) is 6.69. The summed E-state index contributed by atoms with van der Waals surface area (Å²) in [6.07, 6.45) is 7.18. The standard InChI is InChI=1S/C26H42N4O2/c1-27-26(28-13-6-16-32-21-23-11-17-31-18-12-23)30-15-10-25-24(20-30)9-5-14-29(25)19-22-7-3-2-4-8-22/h2-4,7-8,23-25H,5-6,9-21H2,1H3,(H,27,28). The molecule has 3 heterocycles. The van der Waals surface area contributed by atoms with Gasteiger partial charge < -0.3 is 19.7 Å². The molecule has 1 aromatic carbocycles. The van der Waals surface area contributed by atoms with Crippen LogP contribution < -0.4 is 5.32 Å². The average Bonchev–Trinajstić information content (AvgIpc) is 2.85. The first-order chi connectivity index (χ1) is 15.8. The van der Waals surface area contributed by atoms with Crippen molar-refractivity contribution in [3.63, 3.8) is 0 Å². The van der Waals surface area contributed by atoms with E-state index in [1.54, 1.807) is 0 Å². The zero-order valence-electron chi connectivity index (χ0n) is 19.9. The highest BCUT2D eigenvalue weighted by atomic mass is 16.5. The van der Waals surface area contributed by atoms with E-state index in [1.807, 2.05) is 7.05 Å². The maximum absolute atomic E-state index is 5.91. The Morgan fingerprint density at radius 3 is 2.78 bits per heavy atom. The molecule has 1 aromatic rings. The summed E-state index contributed by atoms with van der Waals surface area (Å²) in [6.45, 7) is 8.95. The number of hydrogen-bond acceptors (Lipinski definition) is 4. The Morgan fingerprint density at radius 2 is 1.97 bits per heavy atom. The number of ether oxygens (including phenoxy) is 2. The summed E-state index contributed by atoms with van der Waals surface area (Å²) in [5.41, 5.74) is 1.44. The van der Waals surface area contributed by atoms with Crippen LogP contribution in [0, 0.1) is 11.8 Å². The van der Waals surface area contributed by atoms with Crippen molar-refractivity contribution in [2.24, 2.45) is 16.8 Å². The van der Waals surface area contributed by atoms with Crippen LogP contribution in [0.15, 0.2) is 35.3 Å². The van der Waals surface area contributed by atoms with Crippen LogP contribution in [0.1, 0.15) is 44.1 Å². The van der Waals surface area contributed by atoms with Gasteiger partial charge in [-0.3, -0.25) is 9.89 Å². The van der Waals surface area contributed by atoms with Crippen molar-refractivity contribution in [2.45, 2.75) is 51.1 Å². The maximum atomic E-state index is 5.91. The molecule has 1 N–H and O–H groups in total.